The van der Waals surface area contributed by atoms with Crippen LogP contribution in [0, 0.1) is 27.3 Å². The van der Waals surface area contributed by atoms with Crippen LogP contribution in [0.1, 0.15) is 13.3 Å². The van der Waals surface area contributed by atoms with Crippen LogP contribution >= 0.6 is 0 Å². The van der Waals surface area contributed by atoms with Gasteiger partial charge >= 0.3 is 5.69 Å². The van der Waals surface area contributed by atoms with Crippen LogP contribution in [0.2, 0.25) is 0 Å². The number of hydrogen-bond donors (Lipinski definition) is 1. The molecule has 0 aliphatic heterocycles. The van der Waals surface area contributed by atoms with Gasteiger partial charge in [-0.05, 0) is 18.6 Å². The summed E-state index contributed by atoms with van der Waals surface area (Å²) in [6.45, 7) is 1.57. The maximum absolute atomic E-state index is 13.3. The van der Waals surface area contributed by atoms with Crippen molar-refractivity contribution in [3.63, 3.8) is 0 Å². The summed E-state index contributed by atoms with van der Waals surface area (Å²) in [5.41, 5.74) is -1.14. The SMILES string of the molecule is CCC(C#N)NS(=O)(=O)c1cccc(F)c1[N+](=O)[O-]. The summed E-state index contributed by atoms with van der Waals surface area (Å²) in [5.74, 6) is -1.25. The molecule has 1 atom stereocenters. The average molecular weight is 287 g/mol. The second kappa shape index (κ2) is 5.73. The Balaban J connectivity index is 3.34. The zero-order chi connectivity index (χ0) is 14.6. The molecule has 0 radical (unpaired) electrons. The highest BCUT2D eigenvalue weighted by Gasteiger charge is 2.30. The van der Waals surface area contributed by atoms with E-state index in [1.807, 2.05) is 4.72 Å². The molecule has 0 amide bonds. The minimum Gasteiger partial charge on any atom is -0.258 e. The Bertz CT molecular complexity index is 639. The second-order valence-electron chi connectivity index (χ2n) is 3.55. The van der Waals surface area contributed by atoms with E-state index in [1.165, 1.54) is 0 Å². The second-order valence-corrected chi connectivity index (χ2v) is 5.24. The van der Waals surface area contributed by atoms with Crippen molar-refractivity contribution in [3.8, 4) is 6.07 Å². The molecule has 0 saturated carbocycles. The van der Waals surface area contributed by atoms with Crippen molar-refractivity contribution in [2.45, 2.75) is 24.3 Å². The molecular formula is C10H10FN3O4S. The number of rotatable bonds is 5. The fraction of sp³-hybridized carbons (Fsp3) is 0.300. The van der Waals surface area contributed by atoms with Gasteiger partial charge in [-0.25, -0.2) is 8.42 Å². The zero-order valence-corrected chi connectivity index (χ0v) is 10.6. The molecule has 9 heteroatoms. The van der Waals surface area contributed by atoms with Crippen LogP contribution in [0.4, 0.5) is 10.1 Å². The van der Waals surface area contributed by atoms with E-state index < -0.39 is 37.4 Å². The van der Waals surface area contributed by atoms with Gasteiger partial charge < -0.3 is 0 Å². The number of hydrogen-bond acceptors (Lipinski definition) is 5. The summed E-state index contributed by atoms with van der Waals surface area (Å²) >= 11 is 0. The fourth-order valence-electron chi connectivity index (χ4n) is 1.34. The molecule has 0 aromatic heterocycles. The monoisotopic (exact) mass is 287 g/mol. The summed E-state index contributed by atoms with van der Waals surface area (Å²) in [6, 6.07) is 3.40. The maximum atomic E-state index is 13.3. The van der Waals surface area contributed by atoms with E-state index >= 15 is 0 Å². The largest absolute Gasteiger partial charge is 0.324 e. The van der Waals surface area contributed by atoms with Gasteiger partial charge in [-0.2, -0.15) is 14.4 Å². The lowest BCUT2D eigenvalue weighted by molar-refractivity contribution is -0.390. The zero-order valence-electron chi connectivity index (χ0n) is 9.83. The molecule has 1 aromatic rings. The number of benzene rings is 1. The van der Waals surface area contributed by atoms with E-state index in [1.54, 1.807) is 13.0 Å². The molecule has 1 unspecified atom stereocenters. The van der Waals surface area contributed by atoms with E-state index in [0.29, 0.717) is 0 Å². The first kappa shape index (κ1) is 15.0. The van der Waals surface area contributed by atoms with Crippen LogP contribution in [0.5, 0.6) is 0 Å². The lowest BCUT2D eigenvalue weighted by atomic mass is 10.3. The quantitative estimate of drug-likeness (QED) is 0.648. The van der Waals surface area contributed by atoms with E-state index in [4.69, 9.17) is 5.26 Å². The number of sulfonamides is 1. The Kier molecular flexibility index (Phi) is 4.52. The standard InChI is InChI=1S/C10H10FN3O4S/c1-2-7(6-12)13-19(17,18)9-5-3-4-8(11)10(9)14(15)16/h3-5,7,13H,2H2,1H3. The predicted octanol–water partition coefficient (Wildman–Crippen LogP) is 1.31. The molecule has 0 heterocycles. The van der Waals surface area contributed by atoms with Gasteiger partial charge in [-0.1, -0.05) is 13.0 Å². The highest BCUT2D eigenvalue weighted by Crippen LogP contribution is 2.26. The van der Waals surface area contributed by atoms with E-state index in [0.717, 1.165) is 18.2 Å². The van der Waals surface area contributed by atoms with Gasteiger partial charge in [-0.3, -0.25) is 10.1 Å². The highest BCUT2D eigenvalue weighted by atomic mass is 32.2. The smallest absolute Gasteiger partial charge is 0.258 e. The topological polar surface area (TPSA) is 113 Å². The molecule has 0 spiro atoms. The van der Waals surface area contributed by atoms with Crippen molar-refractivity contribution in [1.82, 2.24) is 4.72 Å². The Morgan fingerprint density at radius 3 is 2.68 bits per heavy atom. The van der Waals surface area contributed by atoms with Crippen LogP contribution in [0.15, 0.2) is 23.1 Å². The summed E-state index contributed by atoms with van der Waals surface area (Å²) < 4.78 is 39.1. The molecule has 0 saturated heterocycles. The van der Waals surface area contributed by atoms with Crippen LogP contribution in [-0.2, 0) is 10.0 Å². The van der Waals surface area contributed by atoms with E-state index in [-0.39, 0.29) is 6.42 Å². The van der Waals surface area contributed by atoms with Crippen LogP contribution in [-0.4, -0.2) is 19.4 Å². The van der Waals surface area contributed by atoms with Crippen LogP contribution < -0.4 is 4.72 Å². The lowest BCUT2D eigenvalue weighted by Gasteiger charge is -2.10. The third-order valence-corrected chi connectivity index (χ3v) is 3.79. The summed E-state index contributed by atoms with van der Waals surface area (Å²) in [4.78, 5) is 8.81. The molecule has 0 fully saturated rings. The molecule has 1 N–H and O–H groups in total. The maximum Gasteiger partial charge on any atom is 0.324 e. The van der Waals surface area contributed by atoms with E-state index in [9.17, 15) is 22.9 Å². The summed E-state index contributed by atoms with van der Waals surface area (Å²) in [7, 11) is -4.34. The van der Waals surface area contributed by atoms with Crippen LogP contribution in [0.25, 0.3) is 0 Å². The van der Waals surface area contributed by atoms with Crippen molar-refractivity contribution < 1.29 is 17.7 Å². The average Bonchev–Trinajstić information content (AvgIpc) is 2.35. The Hall–Kier alpha value is -2.05. The Labute approximate surface area is 108 Å². The number of nitro groups is 1. The molecule has 19 heavy (non-hydrogen) atoms. The first-order valence-corrected chi connectivity index (χ1v) is 6.66. The van der Waals surface area contributed by atoms with Gasteiger partial charge in [0.05, 0.1) is 11.0 Å². The minimum absolute atomic E-state index is 0.179. The molecule has 1 rings (SSSR count). The fourth-order valence-corrected chi connectivity index (χ4v) is 2.75. The van der Waals surface area contributed by atoms with Gasteiger partial charge in [0.15, 0.2) is 4.90 Å². The summed E-state index contributed by atoms with van der Waals surface area (Å²) in [6.07, 6.45) is 0.179. The molecule has 102 valence electrons. The number of halogens is 1. The third-order valence-electron chi connectivity index (χ3n) is 2.28. The molecular weight excluding hydrogens is 277 g/mol. The summed E-state index contributed by atoms with van der Waals surface area (Å²) in [5, 5.41) is 19.4. The van der Waals surface area contributed by atoms with Crippen molar-refractivity contribution in [1.29, 1.82) is 5.26 Å². The lowest BCUT2D eigenvalue weighted by Crippen LogP contribution is -2.33. The van der Waals surface area contributed by atoms with Crippen molar-refractivity contribution in [2.24, 2.45) is 0 Å². The van der Waals surface area contributed by atoms with Gasteiger partial charge in [0.1, 0.15) is 6.04 Å². The first-order chi connectivity index (χ1) is 8.83. The number of para-hydroxylation sites is 1. The number of nitrogens with one attached hydrogen (secondary N) is 1. The molecule has 1 aromatic carbocycles. The molecule has 7 nitrogen and oxygen atoms in total. The highest BCUT2D eigenvalue weighted by molar-refractivity contribution is 7.89. The van der Waals surface area contributed by atoms with Gasteiger partial charge in [-0.15, -0.1) is 0 Å². The number of nitriles is 1. The predicted molar refractivity (Wildman–Crippen MR) is 63.1 cm³/mol. The van der Waals surface area contributed by atoms with Gasteiger partial charge in [0.25, 0.3) is 0 Å². The molecule has 0 aliphatic carbocycles. The van der Waals surface area contributed by atoms with Crippen molar-refractivity contribution >= 4 is 15.7 Å². The third kappa shape index (κ3) is 3.24. The Morgan fingerprint density at radius 1 is 1.58 bits per heavy atom. The number of nitro benzene ring substituents is 1. The Morgan fingerprint density at radius 2 is 2.21 bits per heavy atom. The number of nitrogens with zero attached hydrogens (tertiary/aromatic N) is 2. The normalized spacial score (nSPS) is 12.7. The van der Waals surface area contributed by atoms with Crippen molar-refractivity contribution in [2.75, 3.05) is 0 Å². The molecule has 0 aliphatic rings. The minimum atomic E-state index is -4.34. The first-order valence-electron chi connectivity index (χ1n) is 5.18. The van der Waals surface area contributed by atoms with Crippen LogP contribution in [0.3, 0.4) is 0 Å². The van der Waals surface area contributed by atoms with Crippen molar-refractivity contribution in [3.05, 3.63) is 34.1 Å². The van der Waals surface area contributed by atoms with Gasteiger partial charge in [0, 0.05) is 0 Å². The van der Waals surface area contributed by atoms with Gasteiger partial charge in [0.2, 0.25) is 15.8 Å². The molecule has 0 bridgehead atoms. The van der Waals surface area contributed by atoms with E-state index in [2.05, 4.69) is 0 Å².